The van der Waals surface area contributed by atoms with Crippen molar-refractivity contribution in [2.45, 2.75) is 39.7 Å². The highest BCUT2D eigenvalue weighted by Crippen LogP contribution is 2.22. The highest BCUT2D eigenvalue weighted by Gasteiger charge is 2.15. The lowest BCUT2D eigenvalue weighted by atomic mass is 9.97. The molecule has 112 valence electrons. The predicted octanol–water partition coefficient (Wildman–Crippen LogP) is 4.03. The summed E-state index contributed by atoms with van der Waals surface area (Å²) >= 11 is 5.96. The first-order chi connectivity index (χ1) is 10.1. The van der Waals surface area contributed by atoms with Crippen LogP contribution in [0.5, 0.6) is 0 Å². The molecule has 0 bridgehead atoms. The quantitative estimate of drug-likeness (QED) is 0.875. The Balaban J connectivity index is 2.25. The van der Waals surface area contributed by atoms with E-state index in [-0.39, 0.29) is 6.04 Å². The van der Waals surface area contributed by atoms with E-state index in [4.69, 9.17) is 11.6 Å². The minimum Gasteiger partial charge on any atom is -0.310 e. The van der Waals surface area contributed by atoms with E-state index in [9.17, 15) is 0 Å². The number of aryl methyl sites for hydroxylation is 2. The van der Waals surface area contributed by atoms with E-state index >= 15 is 0 Å². The molecule has 0 saturated heterocycles. The Kier molecular flexibility index (Phi) is 5.71. The van der Waals surface area contributed by atoms with E-state index in [1.807, 2.05) is 26.0 Å². The normalized spacial score (nSPS) is 12.4. The van der Waals surface area contributed by atoms with Gasteiger partial charge in [0.1, 0.15) is 0 Å². The third kappa shape index (κ3) is 4.51. The Bertz CT molecular complexity index is 581. The SMILES string of the molecule is CCCNC(Cc1ccc(Cl)cc1)c1cc(C)nnc1C. The highest BCUT2D eigenvalue weighted by molar-refractivity contribution is 6.30. The fraction of sp³-hybridized carbons (Fsp3) is 0.412. The largest absolute Gasteiger partial charge is 0.310 e. The number of benzene rings is 1. The molecule has 0 aliphatic carbocycles. The number of rotatable bonds is 6. The van der Waals surface area contributed by atoms with Gasteiger partial charge in [0.15, 0.2) is 0 Å². The van der Waals surface area contributed by atoms with Gasteiger partial charge in [-0.3, -0.25) is 0 Å². The summed E-state index contributed by atoms with van der Waals surface area (Å²) in [5.74, 6) is 0. The fourth-order valence-corrected chi connectivity index (χ4v) is 2.52. The number of hydrogen-bond acceptors (Lipinski definition) is 3. The van der Waals surface area contributed by atoms with E-state index < -0.39 is 0 Å². The van der Waals surface area contributed by atoms with Crippen LogP contribution in [0.3, 0.4) is 0 Å². The molecule has 3 nitrogen and oxygen atoms in total. The smallest absolute Gasteiger partial charge is 0.0648 e. The molecule has 0 radical (unpaired) electrons. The summed E-state index contributed by atoms with van der Waals surface area (Å²) in [5.41, 5.74) is 4.44. The Morgan fingerprint density at radius 2 is 1.86 bits per heavy atom. The number of aromatic nitrogens is 2. The maximum absolute atomic E-state index is 5.96. The number of nitrogens with one attached hydrogen (secondary N) is 1. The molecule has 4 heteroatoms. The van der Waals surface area contributed by atoms with Crippen molar-refractivity contribution in [3.63, 3.8) is 0 Å². The van der Waals surface area contributed by atoms with Gasteiger partial charge in [-0.2, -0.15) is 10.2 Å². The second-order valence-corrected chi connectivity index (χ2v) is 5.80. The molecular weight excluding hydrogens is 282 g/mol. The first-order valence-corrected chi connectivity index (χ1v) is 7.76. The summed E-state index contributed by atoms with van der Waals surface area (Å²) < 4.78 is 0. The van der Waals surface area contributed by atoms with Gasteiger partial charge in [0.2, 0.25) is 0 Å². The van der Waals surface area contributed by atoms with Crippen LogP contribution in [0.1, 0.15) is 41.9 Å². The van der Waals surface area contributed by atoms with Gasteiger partial charge >= 0.3 is 0 Å². The standard InChI is InChI=1S/C17H22ClN3/c1-4-9-19-17(11-14-5-7-15(18)8-6-14)16-10-12(2)20-21-13(16)3/h5-8,10,17,19H,4,9,11H2,1-3H3. The van der Waals surface area contributed by atoms with Crippen LogP contribution in [-0.4, -0.2) is 16.7 Å². The average Bonchev–Trinajstić information content (AvgIpc) is 2.48. The first kappa shape index (κ1) is 15.9. The molecule has 0 amide bonds. The van der Waals surface area contributed by atoms with E-state index in [0.717, 1.165) is 35.8 Å². The van der Waals surface area contributed by atoms with E-state index in [0.29, 0.717) is 0 Å². The maximum atomic E-state index is 5.96. The average molecular weight is 304 g/mol. The zero-order valence-electron chi connectivity index (χ0n) is 12.9. The Hall–Kier alpha value is -1.45. The maximum Gasteiger partial charge on any atom is 0.0648 e. The molecule has 2 rings (SSSR count). The molecule has 0 fully saturated rings. The van der Waals surface area contributed by atoms with Gasteiger partial charge < -0.3 is 5.32 Å². The van der Waals surface area contributed by atoms with Crippen LogP contribution in [0.4, 0.5) is 0 Å². The van der Waals surface area contributed by atoms with Crippen LogP contribution in [0, 0.1) is 13.8 Å². The number of nitrogens with zero attached hydrogens (tertiary/aromatic N) is 2. The van der Waals surface area contributed by atoms with Crippen molar-refractivity contribution in [1.82, 2.24) is 15.5 Å². The van der Waals surface area contributed by atoms with Crippen molar-refractivity contribution in [3.8, 4) is 0 Å². The molecular formula is C17H22ClN3. The lowest BCUT2D eigenvalue weighted by Crippen LogP contribution is -2.25. The van der Waals surface area contributed by atoms with Gasteiger partial charge in [0.25, 0.3) is 0 Å². The van der Waals surface area contributed by atoms with Crippen molar-refractivity contribution in [2.75, 3.05) is 6.54 Å². The summed E-state index contributed by atoms with van der Waals surface area (Å²) in [6, 6.07) is 10.4. The third-order valence-corrected chi connectivity index (χ3v) is 3.76. The van der Waals surface area contributed by atoms with Crippen LogP contribution in [0.15, 0.2) is 30.3 Å². The Morgan fingerprint density at radius 1 is 1.14 bits per heavy atom. The van der Waals surface area contributed by atoms with Crippen molar-refractivity contribution in [2.24, 2.45) is 0 Å². The summed E-state index contributed by atoms with van der Waals surface area (Å²) in [4.78, 5) is 0. The Labute approximate surface area is 131 Å². The molecule has 1 heterocycles. The van der Waals surface area contributed by atoms with Crippen LogP contribution < -0.4 is 5.32 Å². The van der Waals surface area contributed by atoms with Crippen LogP contribution >= 0.6 is 11.6 Å². The highest BCUT2D eigenvalue weighted by atomic mass is 35.5. The minimum absolute atomic E-state index is 0.250. The molecule has 1 aromatic carbocycles. The molecule has 0 aliphatic heterocycles. The van der Waals surface area contributed by atoms with Gasteiger partial charge in [-0.1, -0.05) is 30.7 Å². The summed E-state index contributed by atoms with van der Waals surface area (Å²) in [6.45, 7) is 7.16. The van der Waals surface area contributed by atoms with Crippen molar-refractivity contribution >= 4 is 11.6 Å². The van der Waals surface area contributed by atoms with Crippen LogP contribution in [0.2, 0.25) is 5.02 Å². The van der Waals surface area contributed by atoms with Crippen molar-refractivity contribution < 1.29 is 0 Å². The molecule has 0 spiro atoms. The molecule has 1 atom stereocenters. The lowest BCUT2D eigenvalue weighted by Gasteiger charge is -2.20. The Morgan fingerprint density at radius 3 is 2.52 bits per heavy atom. The van der Waals surface area contributed by atoms with Gasteiger partial charge in [-0.25, -0.2) is 0 Å². The summed E-state index contributed by atoms with van der Waals surface area (Å²) in [6.07, 6.45) is 2.02. The third-order valence-electron chi connectivity index (χ3n) is 3.51. The zero-order chi connectivity index (χ0) is 15.2. The van der Waals surface area contributed by atoms with E-state index in [2.05, 4.69) is 40.6 Å². The fourth-order valence-electron chi connectivity index (χ4n) is 2.39. The van der Waals surface area contributed by atoms with Crippen molar-refractivity contribution in [3.05, 3.63) is 57.9 Å². The predicted molar refractivity (Wildman–Crippen MR) is 87.7 cm³/mol. The monoisotopic (exact) mass is 303 g/mol. The molecule has 0 saturated carbocycles. The molecule has 1 N–H and O–H groups in total. The summed E-state index contributed by atoms with van der Waals surface area (Å²) in [7, 11) is 0. The number of halogens is 1. The second kappa shape index (κ2) is 7.53. The zero-order valence-corrected chi connectivity index (χ0v) is 13.6. The second-order valence-electron chi connectivity index (χ2n) is 5.36. The van der Waals surface area contributed by atoms with Gasteiger partial charge in [0.05, 0.1) is 11.4 Å². The molecule has 1 aromatic heterocycles. The lowest BCUT2D eigenvalue weighted by molar-refractivity contribution is 0.523. The van der Waals surface area contributed by atoms with Crippen LogP contribution in [-0.2, 0) is 6.42 Å². The molecule has 21 heavy (non-hydrogen) atoms. The first-order valence-electron chi connectivity index (χ1n) is 7.38. The van der Waals surface area contributed by atoms with E-state index in [1.54, 1.807) is 0 Å². The topological polar surface area (TPSA) is 37.8 Å². The van der Waals surface area contributed by atoms with E-state index in [1.165, 1.54) is 11.1 Å². The molecule has 1 unspecified atom stereocenters. The minimum atomic E-state index is 0.250. The summed E-state index contributed by atoms with van der Waals surface area (Å²) in [5, 5.41) is 12.8. The van der Waals surface area contributed by atoms with Gasteiger partial charge in [-0.05, 0) is 62.6 Å². The molecule has 0 aliphatic rings. The van der Waals surface area contributed by atoms with Crippen LogP contribution in [0.25, 0.3) is 0 Å². The molecule has 2 aromatic rings. The van der Waals surface area contributed by atoms with Crippen molar-refractivity contribution in [1.29, 1.82) is 0 Å². The van der Waals surface area contributed by atoms with Gasteiger partial charge in [0, 0.05) is 11.1 Å². The number of hydrogen-bond donors (Lipinski definition) is 1. The van der Waals surface area contributed by atoms with Gasteiger partial charge in [-0.15, -0.1) is 0 Å².